The monoisotopic (exact) mass is 188 g/mol. The van der Waals surface area contributed by atoms with E-state index >= 15 is 0 Å². The SMILES string of the molecule is CC=C1O[C@@H](COC)[C@H](COC)O1. The predicted octanol–water partition coefficient (Wildman–Crippen LogP) is 0.925. The molecule has 0 saturated carbocycles. The van der Waals surface area contributed by atoms with E-state index in [0.29, 0.717) is 19.2 Å². The maximum atomic E-state index is 5.45. The van der Waals surface area contributed by atoms with Crippen LogP contribution >= 0.6 is 0 Å². The van der Waals surface area contributed by atoms with Gasteiger partial charge in [0.1, 0.15) is 0 Å². The summed E-state index contributed by atoms with van der Waals surface area (Å²) in [4.78, 5) is 0. The Hall–Kier alpha value is -0.740. The first-order chi connectivity index (χ1) is 6.31. The number of allylic oxidation sites excluding steroid dienone is 1. The van der Waals surface area contributed by atoms with Crippen molar-refractivity contribution < 1.29 is 18.9 Å². The van der Waals surface area contributed by atoms with Gasteiger partial charge in [0.2, 0.25) is 0 Å². The van der Waals surface area contributed by atoms with Gasteiger partial charge >= 0.3 is 0 Å². The van der Waals surface area contributed by atoms with Crippen LogP contribution in [0.2, 0.25) is 0 Å². The molecule has 0 bridgehead atoms. The molecule has 0 unspecified atom stereocenters. The largest absolute Gasteiger partial charge is 0.456 e. The van der Waals surface area contributed by atoms with Gasteiger partial charge in [-0.3, -0.25) is 0 Å². The van der Waals surface area contributed by atoms with Crippen LogP contribution in [0.3, 0.4) is 0 Å². The quantitative estimate of drug-likeness (QED) is 0.657. The minimum Gasteiger partial charge on any atom is -0.456 e. The Bertz CT molecular complexity index is 162. The highest BCUT2D eigenvalue weighted by Crippen LogP contribution is 2.22. The van der Waals surface area contributed by atoms with Gasteiger partial charge in [-0.1, -0.05) is 0 Å². The number of methoxy groups -OCH3 is 2. The first-order valence-corrected chi connectivity index (χ1v) is 4.29. The van der Waals surface area contributed by atoms with Crippen molar-refractivity contribution in [2.75, 3.05) is 27.4 Å². The molecule has 1 aliphatic rings. The maximum Gasteiger partial charge on any atom is 0.275 e. The van der Waals surface area contributed by atoms with E-state index in [1.54, 1.807) is 20.3 Å². The van der Waals surface area contributed by atoms with Crippen LogP contribution in [0.15, 0.2) is 12.0 Å². The molecule has 13 heavy (non-hydrogen) atoms. The Morgan fingerprint density at radius 1 is 1.15 bits per heavy atom. The highest BCUT2D eigenvalue weighted by atomic mass is 16.7. The minimum atomic E-state index is -0.0591. The van der Waals surface area contributed by atoms with E-state index < -0.39 is 0 Å². The number of rotatable bonds is 4. The molecule has 1 heterocycles. The third-order valence-corrected chi connectivity index (χ3v) is 1.85. The molecule has 4 heteroatoms. The maximum absolute atomic E-state index is 5.45. The second kappa shape index (κ2) is 5.09. The van der Waals surface area contributed by atoms with Gasteiger partial charge < -0.3 is 18.9 Å². The van der Waals surface area contributed by atoms with Gasteiger partial charge in [-0.25, -0.2) is 0 Å². The molecule has 0 N–H and O–H groups in total. The van der Waals surface area contributed by atoms with Crippen LogP contribution in [-0.4, -0.2) is 39.6 Å². The fraction of sp³-hybridized carbons (Fsp3) is 0.778. The third kappa shape index (κ3) is 2.60. The van der Waals surface area contributed by atoms with Crippen molar-refractivity contribution in [1.82, 2.24) is 0 Å². The second-order valence-corrected chi connectivity index (χ2v) is 2.83. The fourth-order valence-electron chi connectivity index (χ4n) is 1.23. The number of hydrogen-bond acceptors (Lipinski definition) is 4. The Morgan fingerprint density at radius 3 is 1.92 bits per heavy atom. The lowest BCUT2D eigenvalue weighted by atomic mass is 10.2. The molecule has 0 aromatic rings. The van der Waals surface area contributed by atoms with Crippen LogP contribution in [0.4, 0.5) is 0 Å². The lowest BCUT2D eigenvalue weighted by Gasteiger charge is -2.13. The summed E-state index contributed by atoms with van der Waals surface area (Å²) in [6.07, 6.45) is 1.67. The molecule has 0 amide bonds. The molecule has 1 aliphatic heterocycles. The minimum absolute atomic E-state index is 0.0591. The van der Waals surface area contributed by atoms with Gasteiger partial charge in [0.05, 0.1) is 13.2 Å². The lowest BCUT2D eigenvalue weighted by molar-refractivity contribution is 0.0219. The highest BCUT2D eigenvalue weighted by molar-refractivity contribution is 4.91. The molecular weight excluding hydrogens is 172 g/mol. The molecule has 0 aromatic heterocycles. The van der Waals surface area contributed by atoms with Gasteiger partial charge in [-0.2, -0.15) is 0 Å². The Kier molecular flexibility index (Phi) is 4.05. The Labute approximate surface area is 78.4 Å². The third-order valence-electron chi connectivity index (χ3n) is 1.85. The van der Waals surface area contributed by atoms with Crippen molar-refractivity contribution in [3.8, 4) is 0 Å². The normalized spacial score (nSPS) is 26.8. The summed E-state index contributed by atoms with van der Waals surface area (Å²) in [5.74, 6) is 0.559. The Balaban J connectivity index is 2.49. The van der Waals surface area contributed by atoms with Gasteiger partial charge in [-0.05, 0) is 13.0 Å². The zero-order valence-corrected chi connectivity index (χ0v) is 8.28. The highest BCUT2D eigenvalue weighted by Gasteiger charge is 2.33. The summed E-state index contributed by atoms with van der Waals surface area (Å²) in [5.41, 5.74) is 0. The van der Waals surface area contributed by atoms with E-state index in [1.165, 1.54) is 0 Å². The van der Waals surface area contributed by atoms with Gasteiger partial charge in [-0.15, -0.1) is 0 Å². The van der Waals surface area contributed by atoms with E-state index in [-0.39, 0.29) is 12.2 Å². The van der Waals surface area contributed by atoms with E-state index in [4.69, 9.17) is 18.9 Å². The molecule has 0 aliphatic carbocycles. The van der Waals surface area contributed by atoms with Crippen molar-refractivity contribution in [1.29, 1.82) is 0 Å². The molecule has 2 atom stereocenters. The van der Waals surface area contributed by atoms with Crippen molar-refractivity contribution in [3.05, 3.63) is 12.0 Å². The van der Waals surface area contributed by atoms with E-state index in [1.807, 2.05) is 6.92 Å². The summed E-state index contributed by atoms with van der Waals surface area (Å²) in [6.45, 7) is 2.91. The molecule has 1 fully saturated rings. The second-order valence-electron chi connectivity index (χ2n) is 2.83. The van der Waals surface area contributed by atoms with Crippen molar-refractivity contribution in [2.45, 2.75) is 19.1 Å². The van der Waals surface area contributed by atoms with Crippen LogP contribution in [0.1, 0.15) is 6.92 Å². The van der Waals surface area contributed by atoms with Gasteiger partial charge in [0.15, 0.2) is 12.2 Å². The van der Waals surface area contributed by atoms with Crippen molar-refractivity contribution in [2.24, 2.45) is 0 Å². The number of ether oxygens (including phenoxy) is 4. The summed E-state index contributed by atoms with van der Waals surface area (Å²) in [7, 11) is 3.28. The first kappa shape index (κ1) is 10.3. The summed E-state index contributed by atoms with van der Waals surface area (Å²) in [6, 6.07) is 0. The van der Waals surface area contributed by atoms with Crippen LogP contribution in [0, 0.1) is 0 Å². The van der Waals surface area contributed by atoms with Crippen molar-refractivity contribution in [3.63, 3.8) is 0 Å². The molecule has 4 nitrogen and oxygen atoms in total. The molecule has 0 aromatic carbocycles. The zero-order valence-electron chi connectivity index (χ0n) is 8.28. The van der Waals surface area contributed by atoms with Crippen molar-refractivity contribution >= 4 is 0 Å². The van der Waals surface area contributed by atoms with Crippen LogP contribution in [0.5, 0.6) is 0 Å². The number of hydrogen-bond donors (Lipinski definition) is 0. The van der Waals surface area contributed by atoms with Gasteiger partial charge in [0.25, 0.3) is 5.95 Å². The van der Waals surface area contributed by atoms with Gasteiger partial charge in [0, 0.05) is 14.2 Å². The summed E-state index contributed by atoms with van der Waals surface area (Å²) >= 11 is 0. The first-order valence-electron chi connectivity index (χ1n) is 4.29. The van der Waals surface area contributed by atoms with E-state index in [0.717, 1.165) is 0 Å². The molecular formula is C9H16O4. The van der Waals surface area contributed by atoms with E-state index in [2.05, 4.69) is 0 Å². The van der Waals surface area contributed by atoms with Crippen LogP contribution < -0.4 is 0 Å². The zero-order chi connectivity index (χ0) is 9.68. The summed E-state index contributed by atoms with van der Waals surface area (Å²) in [5, 5.41) is 0. The fourth-order valence-corrected chi connectivity index (χ4v) is 1.23. The summed E-state index contributed by atoms with van der Waals surface area (Å²) < 4.78 is 20.9. The molecule has 1 rings (SSSR count). The topological polar surface area (TPSA) is 36.9 Å². The molecule has 76 valence electrons. The molecule has 0 spiro atoms. The van der Waals surface area contributed by atoms with E-state index in [9.17, 15) is 0 Å². The molecule has 1 saturated heterocycles. The average Bonchev–Trinajstić information content (AvgIpc) is 2.50. The predicted molar refractivity (Wildman–Crippen MR) is 47.3 cm³/mol. The van der Waals surface area contributed by atoms with Crippen LogP contribution in [0.25, 0.3) is 0 Å². The Morgan fingerprint density at radius 2 is 1.62 bits per heavy atom. The standard InChI is InChI=1S/C9H16O4/c1-4-9-12-7(5-10-2)8(13-9)6-11-3/h4,7-8H,5-6H2,1-3H3/t7-,8-/m0/s1. The molecule has 0 radical (unpaired) electrons. The van der Waals surface area contributed by atoms with Crippen LogP contribution in [-0.2, 0) is 18.9 Å². The smallest absolute Gasteiger partial charge is 0.275 e. The lowest BCUT2D eigenvalue weighted by Crippen LogP contribution is -2.30. The average molecular weight is 188 g/mol.